The number of anilines is 1. The molecule has 0 radical (unpaired) electrons. The van der Waals surface area contributed by atoms with Crippen LogP contribution in [0.4, 0.5) is 5.69 Å². The maximum atomic E-state index is 12.7. The second-order valence-electron chi connectivity index (χ2n) is 6.35. The van der Waals surface area contributed by atoms with E-state index >= 15 is 0 Å². The number of rotatable bonds is 9. The monoisotopic (exact) mass is 370 g/mol. The predicted octanol–water partition coefficient (Wildman–Crippen LogP) is 2.60. The Balaban J connectivity index is 1.96. The van der Waals surface area contributed by atoms with Crippen LogP contribution in [-0.4, -0.2) is 53.5 Å². The number of aryl methyl sites for hydroxylation is 2. The van der Waals surface area contributed by atoms with E-state index in [1.165, 1.54) is 6.20 Å². The highest BCUT2D eigenvalue weighted by atomic mass is 16.5. The predicted molar refractivity (Wildman–Crippen MR) is 104 cm³/mol. The van der Waals surface area contributed by atoms with Crippen LogP contribution in [0.25, 0.3) is 0 Å². The number of benzene rings is 1. The SMILES string of the molecule is COCCCN(CCC(=O)Nc1ccc(C)cc1)C(=O)c1cnc(C)cn1. The van der Waals surface area contributed by atoms with E-state index in [1.54, 1.807) is 18.2 Å². The quantitative estimate of drug-likeness (QED) is 0.686. The van der Waals surface area contributed by atoms with Crippen molar-refractivity contribution in [2.75, 3.05) is 32.1 Å². The standard InChI is InChI=1S/C20H26N4O3/c1-15-5-7-17(8-6-15)23-19(25)9-11-24(10-4-12-27-3)20(26)18-14-21-16(2)13-22-18/h5-8,13-14H,4,9-12H2,1-3H3,(H,23,25). The highest BCUT2D eigenvalue weighted by Gasteiger charge is 2.18. The average molecular weight is 370 g/mol. The van der Waals surface area contributed by atoms with Crippen LogP contribution in [0.2, 0.25) is 0 Å². The van der Waals surface area contributed by atoms with Gasteiger partial charge in [0.05, 0.1) is 11.9 Å². The molecule has 0 fully saturated rings. The van der Waals surface area contributed by atoms with Gasteiger partial charge in [-0.3, -0.25) is 14.6 Å². The van der Waals surface area contributed by atoms with Crippen LogP contribution in [-0.2, 0) is 9.53 Å². The third-order valence-electron chi connectivity index (χ3n) is 4.01. The van der Waals surface area contributed by atoms with E-state index in [-0.39, 0.29) is 23.9 Å². The van der Waals surface area contributed by atoms with E-state index in [4.69, 9.17) is 4.74 Å². The van der Waals surface area contributed by atoms with E-state index in [9.17, 15) is 9.59 Å². The molecular weight excluding hydrogens is 344 g/mol. The van der Waals surface area contributed by atoms with Crippen LogP contribution < -0.4 is 5.32 Å². The van der Waals surface area contributed by atoms with Gasteiger partial charge >= 0.3 is 0 Å². The van der Waals surface area contributed by atoms with Crippen molar-refractivity contribution in [2.24, 2.45) is 0 Å². The number of ether oxygens (including phenoxy) is 1. The molecule has 0 unspecified atom stereocenters. The van der Waals surface area contributed by atoms with Crippen molar-refractivity contribution >= 4 is 17.5 Å². The number of amides is 2. The third-order valence-corrected chi connectivity index (χ3v) is 4.01. The van der Waals surface area contributed by atoms with Crippen molar-refractivity contribution in [3.63, 3.8) is 0 Å². The van der Waals surface area contributed by atoms with Gasteiger partial charge in [-0.15, -0.1) is 0 Å². The minimum absolute atomic E-state index is 0.140. The van der Waals surface area contributed by atoms with Gasteiger partial charge in [0, 0.05) is 45.1 Å². The average Bonchev–Trinajstić information content (AvgIpc) is 2.66. The molecule has 27 heavy (non-hydrogen) atoms. The number of hydrogen-bond acceptors (Lipinski definition) is 5. The summed E-state index contributed by atoms with van der Waals surface area (Å²) in [6.07, 6.45) is 3.91. The summed E-state index contributed by atoms with van der Waals surface area (Å²) in [7, 11) is 1.62. The maximum Gasteiger partial charge on any atom is 0.274 e. The van der Waals surface area contributed by atoms with E-state index in [0.717, 1.165) is 16.9 Å². The first-order chi connectivity index (χ1) is 13.0. The molecule has 0 aliphatic carbocycles. The van der Waals surface area contributed by atoms with E-state index in [1.807, 2.05) is 38.1 Å². The van der Waals surface area contributed by atoms with Crippen LogP contribution in [0.5, 0.6) is 0 Å². The van der Waals surface area contributed by atoms with Crippen LogP contribution in [0.1, 0.15) is 34.6 Å². The molecule has 0 spiro atoms. The number of nitrogens with zero attached hydrogens (tertiary/aromatic N) is 3. The molecule has 2 aromatic rings. The second-order valence-corrected chi connectivity index (χ2v) is 6.35. The molecule has 0 aliphatic heterocycles. The van der Waals surface area contributed by atoms with Crippen LogP contribution >= 0.6 is 0 Å². The van der Waals surface area contributed by atoms with Crippen molar-refractivity contribution in [3.05, 3.63) is 53.6 Å². The first-order valence-electron chi connectivity index (χ1n) is 8.93. The summed E-state index contributed by atoms with van der Waals surface area (Å²) >= 11 is 0. The summed E-state index contributed by atoms with van der Waals surface area (Å²) in [5, 5.41) is 2.85. The molecule has 2 amide bonds. The fourth-order valence-electron chi connectivity index (χ4n) is 2.48. The van der Waals surface area contributed by atoms with Gasteiger partial charge < -0.3 is 15.0 Å². The van der Waals surface area contributed by atoms with Crippen molar-refractivity contribution in [1.29, 1.82) is 0 Å². The molecule has 7 nitrogen and oxygen atoms in total. The number of aromatic nitrogens is 2. The Bertz CT molecular complexity index is 745. The molecule has 0 aliphatic rings. The summed E-state index contributed by atoms with van der Waals surface area (Å²) in [6.45, 7) is 5.13. The fraction of sp³-hybridized carbons (Fsp3) is 0.400. The molecular formula is C20H26N4O3. The molecule has 1 N–H and O–H groups in total. The first-order valence-corrected chi connectivity index (χ1v) is 8.93. The summed E-state index contributed by atoms with van der Waals surface area (Å²) in [6, 6.07) is 7.59. The minimum Gasteiger partial charge on any atom is -0.385 e. The lowest BCUT2D eigenvalue weighted by Crippen LogP contribution is -2.35. The largest absolute Gasteiger partial charge is 0.385 e. The van der Waals surface area contributed by atoms with Gasteiger partial charge in [-0.05, 0) is 32.4 Å². The van der Waals surface area contributed by atoms with E-state index in [2.05, 4.69) is 15.3 Å². The molecule has 1 heterocycles. The Morgan fingerprint density at radius 2 is 1.81 bits per heavy atom. The Hall–Kier alpha value is -2.80. The summed E-state index contributed by atoms with van der Waals surface area (Å²) in [5.74, 6) is -0.375. The highest BCUT2D eigenvalue weighted by molar-refractivity contribution is 5.93. The first kappa shape index (κ1) is 20.5. The van der Waals surface area contributed by atoms with Gasteiger partial charge in [-0.25, -0.2) is 4.98 Å². The molecule has 7 heteroatoms. The Kier molecular flexibility index (Phi) is 7.88. The van der Waals surface area contributed by atoms with Gasteiger partial charge in [0.2, 0.25) is 5.91 Å². The zero-order valence-electron chi connectivity index (χ0n) is 16.1. The molecule has 0 saturated heterocycles. The Morgan fingerprint density at radius 3 is 2.44 bits per heavy atom. The molecule has 0 bridgehead atoms. The number of carbonyl (C=O) groups is 2. The van der Waals surface area contributed by atoms with Gasteiger partial charge in [0.1, 0.15) is 5.69 Å². The molecule has 144 valence electrons. The lowest BCUT2D eigenvalue weighted by molar-refractivity contribution is -0.116. The molecule has 1 aromatic heterocycles. The second kappa shape index (κ2) is 10.4. The van der Waals surface area contributed by atoms with Gasteiger partial charge in [-0.1, -0.05) is 17.7 Å². The molecule has 1 aromatic carbocycles. The molecule has 0 saturated carbocycles. The molecule has 2 rings (SSSR count). The Labute approximate surface area is 159 Å². The van der Waals surface area contributed by atoms with Gasteiger partial charge in [0.25, 0.3) is 5.91 Å². The van der Waals surface area contributed by atoms with Crippen molar-refractivity contribution < 1.29 is 14.3 Å². The number of hydrogen-bond donors (Lipinski definition) is 1. The summed E-state index contributed by atoms with van der Waals surface area (Å²) < 4.78 is 5.06. The van der Waals surface area contributed by atoms with Crippen molar-refractivity contribution in [1.82, 2.24) is 14.9 Å². The Morgan fingerprint density at radius 1 is 1.07 bits per heavy atom. The van der Waals surface area contributed by atoms with Crippen molar-refractivity contribution in [3.8, 4) is 0 Å². The van der Waals surface area contributed by atoms with Crippen molar-refractivity contribution in [2.45, 2.75) is 26.7 Å². The number of nitrogens with one attached hydrogen (secondary N) is 1. The fourth-order valence-corrected chi connectivity index (χ4v) is 2.48. The maximum absolute atomic E-state index is 12.7. The third kappa shape index (κ3) is 6.79. The van der Waals surface area contributed by atoms with Crippen LogP contribution in [0.15, 0.2) is 36.7 Å². The topological polar surface area (TPSA) is 84.4 Å². The van der Waals surface area contributed by atoms with E-state index in [0.29, 0.717) is 26.1 Å². The number of methoxy groups -OCH3 is 1. The summed E-state index contributed by atoms with van der Waals surface area (Å²) in [5.41, 5.74) is 2.89. The highest BCUT2D eigenvalue weighted by Crippen LogP contribution is 2.10. The van der Waals surface area contributed by atoms with Crippen LogP contribution in [0, 0.1) is 13.8 Å². The smallest absolute Gasteiger partial charge is 0.274 e. The van der Waals surface area contributed by atoms with E-state index < -0.39 is 0 Å². The van der Waals surface area contributed by atoms with Crippen LogP contribution in [0.3, 0.4) is 0 Å². The zero-order chi connectivity index (χ0) is 19.6. The molecule has 0 atom stereocenters. The van der Waals surface area contributed by atoms with Gasteiger partial charge in [-0.2, -0.15) is 0 Å². The normalized spacial score (nSPS) is 10.5. The lowest BCUT2D eigenvalue weighted by atomic mass is 10.2. The lowest BCUT2D eigenvalue weighted by Gasteiger charge is -2.22. The zero-order valence-corrected chi connectivity index (χ0v) is 16.1. The minimum atomic E-state index is -0.235. The number of carbonyl (C=O) groups excluding carboxylic acids is 2. The summed E-state index contributed by atoms with van der Waals surface area (Å²) in [4.78, 5) is 34.8. The van der Waals surface area contributed by atoms with Gasteiger partial charge in [0.15, 0.2) is 0 Å².